The van der Waals surface area contributed by atoms with E-state index in [1.165, 1.54) is 0 Å². The van der Waals surface area contributed by atoms with Gasteiger partial charge in [0, 0.05) is 14.5 Å². The van der Waals surface area contributed by atoms with Crippen LogP contribution in [0.15, 0.2) is 30.3 Å². The molecule has 0 unspecified atom stereocenters. The second-order valence-corrected chi connectivity index (χ2v) is 8.10. The highest BCUT2D eigenvalue weighted by molar-refractivity contribution is 5.71. The maximum absolute atomic E-state index is 12.4. The van der Waals surface area contributed by atoms with Crippen LogP contribution in [0.1, 0.15) is 40.6 Å². The number of amides is 2. The first-order valence-corrected chi connectivity index (χ1v) is 8.72. The molecule has 1 aromatic carbocycles. The van der Waals surface area contributed by atoms with E-state index in [4.69, 9.17) is 9.47 Å². The monoisotopic (exact) mass is 348 g/mol. The Hall–Kier alpha value is -2.24. The topological polar surface area (TPSA) is 67.9 Å². The maximum Gasteiger partial charge on any atom is 0.410 e. The molecular formula is C19H28N2O4. The first-order chi connectivity index (χ1) is 11.7. The molecule has 2 aliphatic heterocycles. The van der Waals surface area contributed by atoms with Crippen LogP contribution in [0.2, 0.25) is 0 Å². The zero-order valence-corrected chi connectivity index (χ0v) is 15.1. The lowest BCUT2D eigenvalue weighted by Crippen LogP contribution is -2.69. The van der Waals surface area contributed by atoms with Crippen LogP contribution in [0.3, 0.4) is 0 Å². The molecule has 2 heterocycles. The average Bonchev–Trinajstić information content (AvgIpc) is 2.50. The van der Waals surface area contributed by atoms with Gasteiger partial charge in [-0.15, -0.1) is 0 Å². The van der Waals surface area contributed by atoms with Gasteiger partial charge < -0.3 is 19.7 Å². The lowest BCUT2D eigenvalue weighted by Gasteiger charge is -2.55. The number of nitrogens with one attached hydrogen (secondary N) is 1. The summed E-state index contributed by atoms with van der Waals surface area (Å²) in [6.45, 7) is 6.92. The van der Waals surface area contributed by atoms with Crippen LogP contribution in [-0.4, -0.2) is 41.3 Å². The number of carbonyl (C=O) groups excluding carboxylic acids is 2. The van der Waals surface area contributed by atoms with Gasteiger partial charge in [-0.25, -0.2) is 9.59 Å². The number of ether oxygens (including phenoxy) is 2. The fourth-order valence-corrected chi connectivity index (χ4v) is 3.66. The molecule has 1 saturated carbocycles. The Morgan fingerprint density at radius 2 is 1.96 bits per heavy atom. The van der Waals surface area contributed by atoms with Crippen molar-refractivity contribution in [3.63, 3.8) is 0 Å². The first kappa shape index (κ1) is 17.6. The second kappa shape index (κ2) is 6.58. The van der Waals surface area contributed by atoms with Gasteiger partial charge in [-0.05, 0) is 45.1 Å². The summed E-state index contributed by atoms with van der Waals surface area (Å²) in [5.41, 5.74) is 0.0451. The minimum absolute atomic E-state index is 0. The molecule has 1 aliphatic carbocycles. The zero-order valence-electron chi connectivity index (χ0n) is 15.1. The Morgan fingerprint density at radius 1 is 1.28 bits per heavy atom. The van der Waals surface area contributed by atoms with Gasteiger partial charge >= 0.3 is 12.2 Å². The van der Waals surface area contributed by atoms with Crippen molar-refractivity contribution in [3.8, 4) is 0 Å². The van der Waals surface area contributed by atoms with Gasteiger partial charge in [0.25, 0.3) is 0 Å². The van der Waals surface area contributed by atoms with E-state index in [1.807, 2.05) is 51.1 Å². The molecule has 6 nitrogen and oxygen atoms in total. The third-order valence-corrected chi connectivity index (χ3v) is 4.56. The molecule has 0 atom stereocenters. The Labute approximate surface area is 150 Å². The van der Waals surface area contributed by atoms with Crippen LogP contribution in [-0.2, 0) is 16.1 Å². The van der Waals surface area contributed by atoms with Crippen LogP contribution in [0.4, 0.5) is 9.59 Å². The average molecular weight is 348 g/mol. The minimum atomic E-state index is -0.535. The van der Waals surface area contributed by atoms with Crippen molar-refractivity contribution in [3.05, 3.63) is 35.9 Å². The van der Waals surface area contributed by atoms with E-state index in [0.29, 0.717) is 19.0 Å². The molecule has 138 valence electrons. The summed E-state index contributed by atoms with van der Waals surface area (Å²) in [6.07, 6.45) is 1.01. The summed E-state index contributed by atoms with van der Waals surface area (Å²) in [7, 11) is 0. The highest BCUT2D eigenvalue weighted by Crippen LogP contribution is 2.43. The molecule has 2 bridgehead atoms. The second-order valence-electron chi connectivity index (χ2n) is 8.10. The highest BCUT2D eigenvalue weighted by atomic mass is 16.6. The predicted molar refractivity (Wildman–Crippen MR) is 95.1 cm³/mol. The number of fused-ring (bicyclic) bond motifs is 2. The van der Waals surface area contributed by atoms with Crippen molar-refractivity contribution in [1.29, 1.82) is 0 Å². The van der Waals surface area contributed by atoms with Gasteiger partial charge in [0.1, 0.15) is 12.2 Å². The standard InChI is InChI=1S/C19H26N2O4.H2/c1-18(2,3)25-16(22)20-19-9-15(10-19)11-21(13-19)17(23)24-12-14-7-5-4-6-8-14;/h4-8,15H,9-13H2,1-3H3,(H,20,22);1H. The van der Waals surface area contributed by atoms with Gasteiger partial charge in [0.2, 0.25) is 0 Å². The summed E-state index contributed by atoms with van der Waals surface area (Å²) >= 11 is 0. The summed E-state index contributed by atoms with van der Waals surface area (Å²) in [6, 6.07) is 9.60. The molecule has 2 amide bonds. The van der Waals surface area contributed by atoms with Gasteiger partial charge in [-0.2, -0.15) is 0 Å². The summed E-state index contributed by atoms with van der Waals surface area (Å²) in [5.74, 6) is 0.410. The van der Waals surface area contributed by atoms with Crippen LogP contribution in [0.25, 0.3) is 0 Å². The summed E-state index contributed by atoms with van der Waals surface area (Å²) in [4.78, 5) is 26.1. The molecular weight excluding hydrogens is 320 g/mol. The van der Waals surface area contributed by atoms with E-state index in [2.05, 4.69) is 5.32 Å². The molecule has 0 aromatic heterocycles. The van der Waals surface area contributed by atoms with Crippen molar-refractivity contribution in [2.45, 2.75) is 51.4 Å². The normalized spacial score (nSPS) is 24.9. The fourth-order valence-electron chi connectivity index (χ4n) is 3.66. The fraction of sp³-hybridized carbons (Fsp3) is 0.579. The number of nitrogens with zero attached hydrogens (tertiary/aromatic N) is 1. The quantitative estimate of drug-likeness (QED) is 0.907. The molecule has 3 aliphatic rings. The largest absolute Gasteiger partial charge is 0.445 e. The highest BCUT2D eigenvalue weighted by Gasteiger charge is 2.52. The number of rotatable bonds is 3. The van der Waals surface area contributed by atoms with Crippen LogP contribution in [0.5, 0.6) is 0 Å². The molecule has 1 N–H and O–H groups in total. The molecule has 2 saturated heterocycles. The van der Waals surface area contributed by atoms with Crippen molar-refractivity contribution in [2.75, 3.05) is 13.1 Å². The predicted octanol–water partition coefficient (Wildman–Crippen LogP) is 3.56. The van der Waals surface area contributed by atoms with E-state index in [1.54, 1.807) is 4.90 Å². The molecule has 4 rings (SSSR count). The molecule has 25 heavy (non-hydrogen) atoms. The van der Waals surface area contributed by atoms with Crippen molar-refractivity contribution in [2.24, 2.45) is 5.92 Å². The zero-order chi connectivity index (χ0) is 18.1. The molecule has 6 heteroatoms. The number of alkyl carbamates (subject to hydrolysis) is 1. The van der Waals surface area contributed by atoms with Crippen molar-refractivity contribution >= 4 is 12.2 Å². The Morgan fingerprint density at radius 3 is 2.60 bits per heavy atom. The minimum Gasteiger partial charge on any atom is -0.445 e. The Bertz CT molecular complexity index is 639. The number of hydrogen-bond donors (Lipinski definition) is 1. The van der Waals surface area contributed by atoms with E-state index in [9.17, 15) is 9.59 Å². The number of piperidine rings is 2. The third kappa shape index (κ3) is 4.44. The maximum atomic E-state index is 12.4. The number of carbonyl (C=O) groups is 2. The summed E-state index contributed by atoms with van der Waals surface area (Å²) in [5, 5.41) is 2.97. The van der Waals surface area contributed by atoms with Gasteiger partial charge in [-0.3, -0.25) is 0 Å². The number of hydrogen-bond acceptors (Lipinski definition) is 4. The smallest absolute Gasteiger partial charge is 0.410 e. The van der Waals surface area contributed by atoms with Crippen LogP contribution < -0.4 is 5.32 Å². The molecule has 0 radical (unpaired) electrons. The van der Waals surface area contributed by atoms with Gasteiger partial charge in [0.15, 0.2) is 0 Å². The molecule has 0 spiro atoms. The van der Waals surface area contributed by atoms with E-state index < -0.39 is 11.7 Å². The Balaban J connectivity index is 0.00000243. The first-order valence-electron chi connectivity index (χ1n) is 8.72. The molecule has 1 aromatic rings. The molecule has 3 fully saturated rings. The lowest BCUT2D eigenvalue weighted by atomic mass is 9.65. The lowest BCUT2D eigenvalue weighted by molar-refractivity contribution is -0.0293. The third-order valence-electron chi connectivity index (χ3n) is 4.56. The number of benzene rings is 1. The summed E-state index contributed by atoms with van der Waals surface area (Å²) < 4.78 is 10.8. The van der Waals surface area contributed by atoms with Gasteiger partial charge in [0.05, 0.1) is 5.54 Å². The van der Waals surface area contributed by atoms with Crippen LogP contribution in [0, 0.1) is 5.92 Å². The SMILES string of the molecule is CC(C)(C)OC(=O)NC12CC(CN(C(=O)OCc3ccccc3)C1)C2.[HH]. The van der Waals surface area contributed by atoms with Crippen molar-refractivity contribution < 1.29 is 20.5 Å². The van der Waals surface area contributed by atoms with Crippen LogP contribution >= 0.6 is 0 Å². The van der Waals surface area contributed by atoms with Gasteiger partial charge in [-0.1, -0.05) is 30.3 Å². The van der Waals surface area contributed by atoms with E-state index in [0.717, 1.165) is 18.4 Å². The Kier molecular flexibility index (Phi) is 4.62. The van der Waals surface area contributed by atoms with E-state index >= 15 is 0 Å². The van der Waals surface area contributed by atoms with Crippen molar-refractivity contribution in [1.82, 2.24) is 10.2 Å². The van der Waals surface area contributed by atoms with E-state index in [-0.39, 0.29) is 19.7 Å².